The molecule has 4 rings (SSSR count). The van der Waals surface area contributed by atoms with Gasteiger partial charge in [0.05, 0.1) is 7.11 Å². The molecule has 0 saturated heterocycles. The maximum absolute atomic E-state index is 12.4. The number of hydrogen-bond donors (Lipinski definition) is 0. The van der Waals surface area contributed by atoms with Gasteiger partial charge in [0, 0.05) is 35.3 Å². The first-order valence-corrected chi connectivity index (χ1v) is 8.62. The van der Waals surface area contributed by atoms with Gasteiger partial charge in [-0.15, -0.1) is 0 Å². The Morgan fingerprint density at radius 3 is 2.50 bits per heavy atom. The van der Waals surface area contributed by atoms with Crippen LogP contribution in [0.1, 0.15) is 29.8 Å². The molecule has 0 bridgehead atoms. The molecular formula is C21H20N2O3. The summed E-state index contributed by atoms with van der Waals surface area (Å²) in [6.45, 7) is 4.70. The first-order chi connectivity index (χ1) is 12.6. The van der Waals surface area contributed by atoms with E-state index in [-0.39, 0.29) is 11.9 Å². The second-order valence-electron chi connectivity index (χ2n) is 6.70. The van der Waals surface area contributed by atoms with E-state index in [1.165, 1.54) is 0 Å². The SMILES string of the molecule is COc1ccc(-c2cc(-c3ccc4c(c3)CN(C(C)C)C4=O)on2)cc1. The van der Waals surface area contributed by atoms with Crippen molar-refractivity contribution in [2.45, 2.75) is 26.4 Å². The number of aromatic nitrogens is 1. The topological polar surface area (TPSA) is 55.6 Å². The summed E-state index contributed by atoms with van der Waals surface area (Å²) in [7, 11) is 1.64. The first kappa shape index (κ1) is 16.4. The Balaban J connectivity index is 1.63. The Kier molecular flexibility index (Phi) is 3.99. The number of nitrogens with zero attached hydrogens (tertiary/aromatic N) is 2. The Morgan fingerprint density at radius 1 is 1.08 bits per heavy atom. The standard InChI is InChI=1S/C21H20N2O3/c1-13(2)23-12-16-10-15(6-9-18(16)21(23)24)20-11-19(22-26-20)14-4-7-17(25-3)8-5-14/h4-11,13H,12H2,1-3H3. The zero-order chi connectivity index (χ0) is 18.3. The lowest BCUT2D eigenvalue weighted by molar-refractivity contribution is 0.0730. The quantitative estimate of drug-likeness (QED) is 0.702. The van der Waals surface area contributed by atoms with Crippen molar-refractivity contribution in [3.63, 3.8) is 0 Å². The van der Waals surface area contributed by atoms with E-state index < -0.39 is 0 Å². The molecule has 5 heteroatoms. The van der Waals surface area contributed by atoms with Crippen LogP contribution in [-0.2, 0) is 6.54 Å². The third-order valence-corrected chi connectivity index (χ3v) is 4.74. The van der Waals surface area contributed by atoms with Crippen LogP contribution in [0.2, 0.25) is 0 Å². The molecule has 0 unspecified atom stereocenters. The Bertz CT molecular complexity index is 958. The molecule has 26 heavy (non-hydrogen) atoms. The average Bonchev–Trinajstić information content (AvgIpc) is 3.27. The number of ether oxygens (including phenoxy) is 1. The van der Waals surface area contributed by atoms with Crippen LogP contribution < -0.4 is 4.74 Å². The van der Waals surface area contributed by atoms with Crippen LogP contribution >= 0.6 is 0 Å². The Labute approximate surface area is 152 Å². The summed E-state index contributed by atoms with van der Waals surface area (Å²) in [6, 6.07) is 15.6. The fourth-order valence-corrected chi connectivity index (χ4v) is 3.22. The Hall–Kier alpha value is -3.08. The molecule has 132 valence electrons. The second kappa shape index (κ2) is 6.33. The summed E-state index contributed by atoms with van der Waals surface area (Å²) in [4.78, 5) is 14.3. The second-order valence-corrected chi connectivity index (χ2v) is 6.70. The van der Waals surface area contributed by atoms with Crippen LogP contribution in [0.25, 0.3) is 22.6 Å². The maximum Gasteiger partial charge on any atom is 0.254 e. The lowest BCUT2D eigenvalue weighted by Gasteiger charge is -2.19. The fraction of sp³-hybridized carbons (Fsp3) is 0.238. The number of fused-ring (bicyclic) bond motifs is 1. The maximum atomic E-state index is 12.4. The van der Waals surface area contributed by atoms with Gasteiger partial charge in [0.2, 0.25) is 0 Å². The van der Waals surface area contributed by atoms with E-state index in [9.17, 15) is 4.79 Å². The van der Waals surface area contributed by atoms with E-state index in [0.29, 0.717) is 12.3 Å². The molecule has 1 aliphatic heterocycles. The van der Waals surface area contributed by atoms with Crippen LogP contribution in [-0.4, -0.2) is 29.1 Å². The van der Waals surface area contributed by atoms with Crippen molar-refractivity contribution in [2.24, 2.45) is 0 Å². The van der Waals surface area contributed by atoms with Crippen molar-refractivity contribution >= 4 is 5.91 Å². The molecule has 3 aromatic rings. The highest BCUT2D eigenvalue weighted by molar-refractivity contribution is 5.99. The van der Waals surface area contributed by atoms with E-state index in [2.05, 4.69) is 5.16 Å². The average molecular weight is 348 g/mol. The zero-order valence-corrected chi connectivity index (χ0v) is 15.0. The number of amides is 1. The number of carbonyl (C=O) groups excluding carboxylic acids is 1. The van der Waals surface area contributed by atoms with Crippen molar-refractivity contribution in [3.05, 3.63) is 59.7 Å². The lowest BCUT2D eigenvalue weighted by atomic mass is 10.0. The van der Waals surface area contributed by atoms with Gasteiger partial charge in [-0.2, -0.15) is 0 Å². The molecule has 5 nitrogen and oxygen atoms in total. The first-order valence-electron chi connectivity index (χ1n) is 8.62. The molecule has 1 amide bonds. The summed E-state index contributed by atoms with van der Waals surface area (Å²) in [5.74, 6) is 1.59. The van der Waals surface area contributed by atoms with E-state index in [1.807, 2.05) is 67.3 Å². The normalized spacial score (nSPS) is 13.4. The number of methoxy groups -OCH3 is 1. The summed E-state index contributed by atoms with van der Waals surface area (Å²) >= 11 is 0. The molecule has 2 aromatic carbocycles. The molecular weight excluding hydrogens is 328 g/mol. The van der Waals surface area contributed by atoms with Crippen molar-refractivity contribution < 1.29 is 14.1 Å². The van der Waals surface area contributed by atoms with Gasteiger partial charge >= 0.3 is 0 Å². The third kappa shape index (κ3) is 2.75. The zero-order valence-electron chi connectivity index (χ0n) is 15.0. The van der Waals surface area contributed by atoms with Gasteiger partial charge in [0.1, 0.15) is 11.4 Å². The van der Waals surface area contributed by atoms with Crippen LogP contribution in [0.3, 0.4) is 0 Å². The molecule has 0 aliphatic carbocycles. The number of carbonyl (C=O) groups is 1. The fourth-order valence-electron chi connectivity index (χ4n) is 3.22. The summed E-state index contributed by atoms with van der Waals surface area (Å²) < 4.78 is 10.7. The van der Waals surface area contributed by atoms with Gasteiger partial charge in [0.25, 0.3) is 5.91 Å². The van der Waals surface area contributed by atoms with Gasteiger partial charge in [-0.05, 0) is 55.8 Å². The highest BCUT2D eigenvalue weighted by Gasteiger charge is 2.29. The molecule has 2 heterocycles. The van der Waals surface area contributed by atoms with Gasteiger partial charge in [-0.3, -0.25) is 4.79 Å². The van der Waals surface area contributed by atoms with Crippen molar-refractivity contribution in [1.29, 1.82) is 0 Å². The monoisotopic (exact) mass is 348 g/mol. The van der Waals surface area contributed by atoms with E-state index in [4.69, 9.17) is 9.26 Å². The smallest absolute Gasteiger partial charge is 0.254 e. The van der Waals surface area contributed by atoms with Gasteiger partial charge in [-0.1, -0.05) is 11.2 Å². The van der Waals surface area contributed by atoms with Gasteiger partial charge < -0.3 is 14.2 Å². The predicted octanol–water partition coefficient (Wildman–Crippen LogP) is 4.38. The minimum Gasteiger partial charge on any atom is -0.497 e. The van der Waals surface area contributed by atoms with Crippen molar-refractivity contribution in [3.8, 4) is 28.3 Å². The lowest BCUT2D eigenvalue weighted by Crippen LogP contribution is -2.30. The highest BCUT2D eigenvalue weighted by Crippen LogP contribution is 2.31. The molecule has 0 saturated carbocycles. The van der Waals surface area contributed by atoms with Crippen LogP contribution in [0, 0.1) is 0 Å². The van der Waals surface area contributed by atoms with E-state index in [0.717, 1.165) is 33.7 Å². The Morgan fingerprint density at radius 2 is 1.81 bits per heavy atom. The molecule has 0 radical (unpaired) electrons. The number of hydrogen-bond acceptors (Lipinski definition) is 4. The summed E-state index contributed by atoms with van der Waals surface area (Å²) in [5, 5.41) is 4.18. The molecule has 0 fully saturated rings. The molecule has 0 spiro atoms. The molecule has 1 aromatic heterocycles. The summed E-state index contributed by atoms with van der Waals surface area (Å²) in [6.07, 6.45) is 0. The number of benzene rings is 2. The van der Waals surface area contributed by atoms with Crippen LogP contribution in [0.4, 0.5) is 0 Å². The number of rotatable bonds is 4. The highest BCUT2D eigenvalue weighted by atomic mass is 16.5. The van der Waals surface area contributed by atoms with Crippen LogP contribution in [0.15, 0.2) is 53.1 Å². The summed E-state index contributed by atoms with van der Waals surface area (Å²) in [5.41, 5.74) is 4.46. The van der Waals surface area contributed by atoms with Gasteiger partial charge in [0.15, 0.2) is 5.76 Å². The molecule has 0 N–H and O–H groups in total. The minimum absolute atomic E-state index is 0.0954. The minimum atomic E-state index is 0.0954. The van der Waals surface area contributed by atoms with Gasteiger partial charge in [-0.25, -0.2) is 0 Å². The van der Waals surface area contributed by atoms with E-state index in [1.54, 1.807) is 7.11 Å². The van der Waals surface area contributed by atoms with Crippen molar-refractivity contribution in [2.75, 3.05) is 7.11 Å². The molecule has 0 atom stereocenters. The van der Waals surface area contributed by atoms with E-state index >= 15 is 0 Å². The van der Waals surface area contributed by atoms with Crippen LogP contribution in [0.5, 0.6) is 5.75 Å². The largest absolute Gasteiger partial charge is 0.497 e. The van der Waals surface area contributed by atoms with Crippen molar-refractivity contribution in [1.82, 2.24) is 10.1 Å². The predicted molar refractivity (Wildman–Crippen MR) is 98.9 cm³/mol. The third-order valence-electron chi connectivity index (χ3n) is 4.74. The molecule has 1 aliphatic rings.